The molecule has 0 aromatic rings. The summed E-state index contributed by atoms with van der Waals surface area (Å²) in [7, 11) is 0. The number of hydrogen-bond acceptors (Lipinski definition) is 3. The average Bonchev–Trinajstić information content (AvgIpc) is 2.65. The molecule has 1 aliphatic rings. The number of amides is 1. The maximum Gasteiger partial charge on any atom is 0.246 e. The third kappa shape index (κ3) is 2.96. The third-order valence-corrected chi connectivity index (χ3v) is 2.77. The van der Waals surface area contributed by atoms with Gasteiger partial charge in [-0.25, -0.2) is 0 Å². The van der Waals surface area contributed by atoms with Gasteiger partial charge in [0.1, 0.15) is 6.61 Å². The largest absolute Gasteiger partial charge is 0.364 e. The van der Waals surface area contributed by atoms with Gasteiger partial charge in [0, 0.05) is 13.1 Å². The summed E-state index contributed by atoms with van der Waals surface area (Å²) in [6, 6.07) is 0. The molecule has 0 atom stereocenters. The molecule has 1 aliphatic carbocycles. The maximum atomic E-state index is 11.2. The first-order valence-electron chi connectivity index (χ1n) is 5.33. The van der Waals surface area contributed by atoms with Gasteiger partial charge in [0.15, 0.2) is 0 Å². The summed E-state index contributed by atoms with van der Waals surface area (Å²) >= 11 is 0. The Morgan fingerprint density at radius 2 is 2.14 bits per heavy atom. The van der Waals surface area contributed by atoms with Gasteiger partial charge in [-0.2, -0.15) is 0 Å². The Morgan fingerprint density at radius 3 is 2.64 bits per heavy atom. The average molecular weight is 200 g/mol. The van der Waals surface area contributed by atoms with Gasteiger partial charge in [0.05, 0.1) is 5.60 Å². The van der Waals surface area contributed by atoms with Gasteiger partial charge >= 0.3 is 0 Å². The van der Waals surface area contributed by atoms with Crippen molar-refractivity contribution in [2.24, 2.45) is 5.73 Å². The Kier molecular flexibility index (Phi) is 4.35. The fourth-order valence-corrected chi connectivity index (χ4v) is 1.89. The zero-order valence-electron chi connectivity index (χ0n) is 8.84. The summed E-state index contributed by atoms with van der Waals surface area (Å²) in [5, 5.41) is 2.71. The number of carbonyl (C=O) groups excluding carboxylic acids is 1. The van der Waals surface area contributed by atoms with Crippen LogP contribution < -0.4 is 11.1 Å². The van der Waals surface area contributed by atoms with Crippen LogP contribution in [0.25, 0.3) is 0 Å². The van der Waals surface area contributed by atoms with E-state index in [1.165, 1.54) is 0 Å². The molecule has 1 rings (SSSR count). The molecule has 1 saturated carbocycles. The number of likely N-dealkylation sites (N-methyl/N-ethyl adjacent to an activating group) is 1. The van der Waals surface area contributed by atoms with Crippen molar-refractivity contribution in [3.63, 3.8) is 0 Å². The lowest BCUT2D eigenvalue weighted by atomic mass is 10.0. The molecule has 0 spiro atoms. The number of ether oxygens (including phenoxy) is 1. The molecule has 4 heteroatoms. The molecule has 3 N–H and O–H groups in total. The first kappa shape index (κ1) is 11.5. The molecule has 0 aliphatic heterocycles. The molecule has 0 unspecified atom stereocenters. The molecule has 0 bridgehead atoms. The van der Waals surface area contributed by atoms with Crippen LogP contribution in [0.2, 0.25) is 0 Å². The molecule has 82 valence electrons. The summed E-state index contributed by atoms with van der Waals surface area (Å²) < 4.78 is 5.62. The van der Waals surface area contributed by atoms with Crippen LogP contribution in [0.5, 0.6) is 0 Å². The zero-order valence-corrected chi connectivity index (χ0v) is 8.84. The van der Waals surface area contributed by atoms with Gasteiger partial charge in [-0.15, -0.1) is 0 Å². The summed E-state index contributed by atoms with van der Waals surface area (Å²) in [4.78, 5) is 11.2. The maximum absolute atomic E-state index is 11.2. The quantitative estimate of drug-likeness (QED) is 0.675. The minimum Gasteiger partial charge on any atom is -0.364 e. The van der Waals surface area contributed by atoms with E-state index in [4.69, 9.17) is 10.5 Å². The highest BCUT2D eigenvalue weighted by molar-refractivity contribution is 5.77. The smallest absolute Gasteiger partial charge is 0.246 e. The molecule has 1 fully saturated rings. The molecule has 0 aromatic heterocycles. The number of nitrogens with one attached hydrogen (secondary N) is 1. The van der Waals surface area contributed by atoms with Crippen LogP contribution in [-0.2, 0) is 9.53 Å². The highest BCUT2D eigenvalue weighted by Gasteiger charge is 2.33. The van der Waals surface area contributed by atoms with E-state index < -0.39 is 0 Å². The lowest BCUT2D eigenvalue weighted by Gasteiger charge is -2.27. The highest BCUT2D eigenvalue weighted by Crippen LogP contribution is 2.31. The van der Waals surface area contributed by atoms with E-state index in [1.54, 1.807) is 0 Å². The summed E-state index contributed by atoms with van der Waals surface area (Å²) in [6.45, 7) is 3.21. The minimum atomic E-state index is -0.217. The Morgan fingerprint density at radius 1 is 1.50 bits per heavy atom. The van der Waals surface area contributed by atoms with Crippen molar-refractivity contribution in [2.75, 3.05) is 19.7 Å². The molecule has 14 heavy (non-hydrogen) atoms. The van der Waals surface area contributed by atoms with Crippen LogP contribution in [0.15, 0.2) is 0 Å². The van der Waals surface area contributed by atoms with E-state index in [-0.39, 0.29) is 18.1 Å². The van der Waals surface area contributed by atoms with Crippen LogP contribution >= 0.6 is 0 Å². The predicted molar refractivity (Wildman–Crippen MR) is 54.9 cm³/mol. The number of carbonyl (C=O) groups is 1. The zero-order chi connectivity index (χ0) is 10.4. The van der Waals surface area contributed by atoms with Crippen LogP contribution in [0.3, 0.4) is 0 Å². The van der Waals surface area contributed by atoms with Crippen LogP contribution in [0, 0.1) is 0 Å². The van der Waals surface area contributed by atoms with Crippen molar-refractivity contribution >= 4 is 5.91 Å². The fraction of sp³-hybridized carbons (Fsp3) is 0.900. The van der Waals surface area contributed by atoms with Crippen LogP contribution in [-0.4, -0.2) is 31.2 Å². The summed E-state index contributed by atoms with van der Waals surface area (Å²) in [6.07, 6.45) is 4.30. The Labute approximate surface area is 85.2 Å². The molecule has 0 radical (unpaired) electrons. The molecular formula is C10H20N2O2. The number of hydrogen-bond donors (Lipinski definition) is 2. The lowest BCUT2D eigenvalue weighted by molar-refractivity contribution is -0.132. The SMILES string of the molecule is CCNC(=O)COC1(CN)CCCC1. The first-order chi connectivity index (χ1) is 6.72. The number of rotatable bonds is 5. The number of nitrogens with two attached hydrogens (primary N) is 1. The normalized spacial score (nSPS) is 19.6. The van der Waals surface area contributed by atoms with Crippen molar-refractivity contribution in [3.05, 3.63) is 0 Å². The lowest BCUT2D eigenvalue weighted by Crippen LogP contribution is -2.41. The predicted octanol–water partition coefficient (Wildman–Crippen LogP) is 0.411. The standard InChI is InChI=1S/C10H20N2O2/c1-2-12-9(13)7-14-10(8-11)5-3-4-6-10/h2-8,11H2,1H3,(H,12,13). The van der Waals surface area contributed by atoms with Crippen molar-refractivity contribution in [1.82, 2.24) is 5.32 Å². The summed E-state index contributed by atoms with van der Waals surface area (Å²) in [5.41, 5.74) is 5.46. The van der Waals surface area contributed by atoms with Gasteiger partial charge in [-0.1, -0.05) is 12.8 Å². The van der Waals surface area contributed by atoms with Crippen molar-refractivity contribution in [2.45, 2.75) is 38.2 Å². The van der Waals surface area contributed by atoms with E-state index in [0.29, 0.717) is 13.1 Å². The Balaban J connectivity index is 2.30. The molecule has 4 nitrogen and oxygen atoms in total. The molecule has 0 aromatic carbocycles. The van der Waals surface area contributed by atoms with Crippen molar-refractivity contribution in [1.29, 1.82) is 0 Å². The van der Waals surface area contributed by atoms with Crippen LogP contribution in [0.4, 0.5) is 0 Å². The van der Waals surface area contributed by atoms with Gasteiger partial charge in [-0.3, -0.25) is 4.79 Å². The van der Waals surface area contributed by atoms with E-state index in [2.05, 4.69) is 5.32 Å². The van der Waals surface area contributed by atoms with E-state index in [9.17, 15) is 4.79 Å². The molecule has 1 amide bonds. The molecular weight excluding hydrogens is 180 g/mol. The monoisotopic (exact) mass is 200 g/mol. The third-order valence-electron chi connectivity index (χ3n) is 2.77. The van der Waals surface area contributed by atoms with Gasteiger partial charge < -0.3 is 15.8 Å². The Bertz CT molecular complexity index is 189. The Hall–Kier alpha value is -0.610. The second kappa shape index (κ2) is 5.32. The molecule has 0 heterocycles. The van der Waals surface area contributed by atoms with E-state index >= 15 is 0 Å². The first-order valence-corrected chi connectivity index (χ1v) is 5.33. The van der Waals surface area contributed by atoms with Crippen molar-refractivity contribution < 1.29 is 9.53 Å². The van der Waals surface area contributed by atoms with Gasteiger partial charge in [-0.05, 0) is 19.8 Å². The van der Waals surface area contributed by atoms with E-state index in [0.717, 1.165) is 25.7 Å². The second-order valence-electron chi connectivity index (χ2n) is 3.84. The van der Waals surface area contributed by atoms with E-state index in [1.807, 2.05) is 6.92 Å². The topological polar surface area (TPSA) is 64.3 Å². The van der Waals surface area contributed by atoms with Gasteiger partial charge in [0.25, 0.3) is 0 Å². The van der Waals surface area contributed by atoms with Crippen molar-refractivity contribution in [3.8, 4) is 0 Å². The van der Waals surface area contributed by atoms with Crippen LogP contribution in [0.1, 0.15) is 32.6 Å². The summed E-state index contributed by atoms with van der Waals surface area (Å²) in [5.74, 6) is -0.0489. The second-order valence-corrected chi connectivity index (χ2v) is 3.84. The minimum absolute atomic E-state index is 0.0489. The van der Waals surface area contributed by atoms with Gasteiger partial charge in [0.2, 0.25) is 5.91 Å². The fourth-order valence-electron chi connectivity index (χ4n) is 1.89. The highest BCUT2D eigenvalue weighted by atomic mass is 16.5. The molecule has 0 saturated heterocycles.